The quantitative estimate of drug-likeness (QED) is 0.623. The van der Waals surface area contributed by atoms with Gasteiger partial charge >= 0.3 is 0 Å². The first kappa shape index (κ1) is 13.6. The molecule has 1 fully saturated rings. The van der Waals surface area contributed by atoms with E-state index >= 15 is 0 Å². The van der Waals surface area contributed by atoms with Gasteiger partial charge in [0.1, 0.15) is 5.82 Å². The second-order valence-electron chi connectivity index (χ2n) is 6.54. The third-order valence-electron chi connectivity index (χ3n) is 5.14. The van der Waals surface area contributed by atoms with E-state index in [-0.39, 0.29) is 6.04 Å². The first-order valence-electron chi connectivity index (χ1n) is 6.85. The van der Waals surface area contributed by atoms with Crippen molar-refractivity contribution in [2.24, 2.45) is 22.6 Å². The Balaban J connectivity index is 2.28. The Bertz CT molecular complexity index is 405. The summed E-state index contributed by atoms with van der Waals surface area (Å²) in [6, 6.07) is 0.136. The highest BCUT2D eigenvalue weighted by molar-refractivity contribution is 5.20. The smallest absolute Gasteiger partial charge is 0.127 e. The molecule has 0 bridgehead atoms. The maximum atomic E-state index is 5.81. The molecular formula is C14H26N4. The van der Waals surface area contributed by atoms with E-state index in [9.17, 15) is 0 Å². The lowest BCUT2D eigenvalue weighted by molar-refractivity contribution is 0.385. The first-order chi connectivity index (χ1) is 8.37. The minimum Gasteiger partial charge on any atom is -0.334 e. The molecule has 4 heteroatoms. The molecule has 3 N–H and O–H groups in total. The number of rotatable bonds is 5. The van der Waals surface area contributed by atoms with E-state index in [1.807, 2.05) is 12.4 Å². The Morgan fingerprint density at radius 3 is 2.44 bits per heavy atom. The number of nitrogens with zero attached hydrogens (tertiary/aromatic N) is 2. The third kappa shape index (κ3) is 1.79. The molecule has 1 aliphatic rings. The number of aromatic nitrogens is 2. The zero-order valence-electron chi connectivity index (χ0n) is 12.2. The number of hydrogen-bond donors (Lipinski definition) is 2. The molecule has 1 aliphatic carbocycles. The normalized spacial score (nSPS) is 23.0. The van der Waals surface area contributed by atoms with Crippen LogP contribution in [0.2, 0.25) is 0 Å². The zero-order valence-corrected chi connectivity index (χ0v) is 12.2. The monoisotopic (exact) mass is 250 g/mol. The van der Waals surface area contributed by atoms with Crippen LogP contribution in [0.5, 0.6) is 0 Å². The zero-order chi connectivity index (χ0) is 13.6. The summed E-state index contributed by atoms with van der Waals surface area (Å²) >= 11 is 0. The molecule has 1 heterocycles. The van der Waals surface area contributed by atoms with Crippen molar-refractivity contribution in [2.75, 3.05) is 0 Å². The van der Waals surface area contributed by atoms with Gasteiger partial charge in [-0.1, -0.05) is 34.6 Å². The highest BCUT2D eigenvalue weighted by Gasteiger charge is 2.67. The molecule has 102 valence electrons. The summed E-state index contributed by atoms with van der Waals surface area (Å²) in [7, 11) is 0. The highest BCUT2D eigenvalue weighted by atomic mass is 15.3. The van der Waals surface area contributed by atoms with Gasteiger partial charge in [-0.25, -0.2) is 10.4 Å². The molecule has 0 spiro atoms. The second kappa shape index (κ2) is 4.35. The van der Waals surface area contributed by atoms with Crippen molar-refractivity contribution in [1.82, 2.24) is 15.0 Å². The molecule has 1 aromatic rings. The number of nitrogens with one attached hydrogen (secondary N) is 1. The van der Waals surface area contributed by atoms with Crippen molar-refractivity contribution in [3.05, 3.63) is 18.2 Å². The lowest BCUT2D eigenvalue weighted by atomic mass is 10.0. The van der Waals surface area contributed by atoms with Crippen LogP contribution in [0.15, 0.2) is 12.4 Å². The number of nitrogens with two attached hydrogens (primary N) is 1. The maximum absolute atomic E-state index is 5.81. The molecule has 2 rings (SSSR count). The van der Waals surface area contributed by atoms with Gasteiger partial charge in [0.25, 0.3) is 0 Å². The molecule has 0 saturated heterocycles. The van der Waals surface area contributed by atoms with Crippen LogP contribution < -0.4 is 11.3 Å². The Morgan fingerprint density at radius 1 is 1.39 bits per heavy atom. The van der Waals surface area contributed by atoms with Gasteiger partial charge in [0.15, 0.2) is 0 Å². The SMILES string of the molecule is CCCn1ccnc1C(NN)C1C(C)(C)C1(C)C. The van der Waals surface area contributed by atoms with E-state index in [4.69, 9.17) is 5.84 Å². The predicted octanol–water partition coefficient (Wildman–Crippen LogP) is 2.48. The van der Waals surface area contributed by atoms with Crippen molar-refractivity contribution in [3.63, 3.8) is 0 Å². The molecule has 1 atom stereocenters. The summed E-state index contributed by atoms with van der Waals surface area (Å²) < 4.78 is 2.22. The van der Waals surface area contributed by atoms with E-state index in [1.165, 1.54) is 0 Å². The van der Waals surface area contributed by atoms with Crippen LogP contribution in [0.25, 0.3) is 0 Å². The standard InChI is InChI=1S/C14H26N4/c1-6-8-18-9-7-16-12(18)10(17-15)11-13(2,3)14(11,4)5/h7,9-11,17H,6,8,15H2,1-5H3. The Hall–Kier alpha value is -0.870. The number of hydrogen-bond acceptors (Lipinski definition) is 3. The van der Waals surface area contributed by atoms with Gasteiger partial charge in [0.05, 0.1) is 6.04 Å². The number of aryl methyl sites for hydroxylation is 1. The van der Waals surface area contributed by atoms with Gasteiger partial charge in [0.2, 0.25) is 0 Å². The molecule has 4 nitrogen and oxygen atoms in total. The third-order valence-corrected chi connectivity index (χ3v) is 5.14. The average Bonchev–Trinajstić information content (AvgIpc) is 2.68. The highest BCUT2D eigenvalue weighted by Crippen LogP contribution is 2.72. The van der Waals surface area contributed by atoms with E-state index in [1.54, 1.807) is 0 Å². The Morgan fingerprint density at radius 2 is 2.00 bits per heavy atom. The van der Waals surface area contributed by atoms with Crippen molar-refractivity contribution in [2.45, 2.75) is 53.6 Å². The molecule has 1 unspecified atom stereocenters. The molecule has 0 radical (unpaired) electrons. The molecule has 1 aromatic heterocycles. The average molecular weight is 250 g/mol. The summed E-state index contributed by atoms with van der Waals surface area (Å²) in [6.45, 7) is 12.4. The number of imidazole rings is 1. The van der Waals surface area contributed by atoms with Gasteiger partial charge in [0, 0.05) is 18.9 Å². The molecule has 0 amide bonds. The summed E-state index contributed by atoms with van der Waals surface area (Å²) in [5.74, 6) is 7.40. The largest absolute Gasteiger partial charge is 0.334 e. The molecule has 0 aliphatic heterocycles. The van der Waals surface area contributed by atoms with E-state index in [0.717, 1.165) is 18.8 Å². The van der Waals surface area contributed by atoms with Crippen LogP contribution in [-0.4, -0.2) is 9.55 Å². The summed E-state index contributed by atoms with van der Waals surface area (Å²) in [5.41, 5.74) is 3.59. The van der Waals surface area contributed by atoms with Crippen LogP contribution in [0.4, 0.5) is 0 Å². The van der Waals surface area contributed by atoms with Crippen LogP contribution >= 0.6 is 0 Å². The molecular weight excluding hydrogens is 224 g/mol. The molecule has 1 saturated carbocycles. The van der Waals surface area contributed by atoms with E-state index < -0.39 is 0 Å². The van der Waals surface area contributed by atoms with Gasteiger partial charge in [-0.15, -0.1) is 0 Å². The molecule has 0 aromatic carbocycles. The van der Waals surface area contributed by atoms with E-state index in [2.05, 4.69) is 49.6 Å². The topological polar surface area (TPSA) is 55.9 Å². The Kier molecular flexibility index (Phi) is 3.28. The van der Waals surface area contributed by atoms with Crippen LogP contribution in [0.3, 0.4) is 0 Å². The summed E-state index contributed by atoms with van der Waals surface area (Å²) in [6.07, 6.45) is 5.03. The van der Waals surface area contributed by atoms with Crippen molar-refractivity contribution >= 4 is 0 Å². The van der Waals surface area contributed by atoms with Gasteiger partial charge in [-0.2, -0.15) is 0 Å². The fraction of sp³-hybridized carbons (Fsp3) is 0.786. The van der Waals surface area contributed by atoms with Crippen LogP contribution in [0, 0.1) is 16.7 Å². The Labute approximate surface area is 110 Å². The minimum atomic E-state index is 0.136. The van der Waals surface area contributed by atoms with E-state index in [0.29, 0.717) is 16.7 Å². The summed E-state index contributed by atoms with van der Waals surface area (Å²) in [5, 5.41) is 0. The van der Waals surface area contributed by atoms with Gasteiger partial charge in [-0.05, 0) is 23.2 Å². The maximum Gasteiger partial charge on any atom is 0.127 e. The fourth-order valence-electron chi connectivity index (χ4n) is 3.43. The van der Waals surface area contributed by atoms with Crippen molar-refractivity contribution in [1.29, 1.82) is 0 Å². The van der Waals surface area contributed by atoms with Gasteiger partial charge in [-0.3, -0.25) is 5.84 Å². The number of hydrazine groups is 1. The predicted molar refractivity (Wildman–Crippen MR) is 73.6 cm³/mol. The van der Waals surface area contributed by atoms with Crippen LogP contribution in [0.1, 0.15) is 52.9 Å². The lowest BCUT2D eigenvalue weighted by Crippen LogP contribution is -2.33. The van der Waals surface area contributed by atoms with Crippen molar-refractivity contribution < 1.29 is 0 Å². The first-order valence-corrected chi connectivity index (χ1v) is 6.85. The summed E-state index contributed by atoms with van der Waals surface area (Å²) in [4.78, 5) is 4.52. The molecule has 18 heavy (non-hydrogen) atoms. The van der Waals surface area contributed by atoms with Crippen LogP contribution in [-0.2, 0) is 6.54 Å². The lowest BCUT2D eigenvalue weighted by Gasteiger charge is -2.19. The fourth-order valence-corrected chi connectivity index (χ4v) is 3.43. The van der Waals surface area contributed by atoms with Crippen molar-refractivity contribution in [3.8, 4) is 0 Å². The minimum absolute atomic E-state index is 0.136. The second-order valence-corrected chi connectivity index (χ2v) is 6.54. The van der Waals surface area contributed by atoms with Gasteiger partial charge < -0.3 is 4.57 Å².